The van der Waals surface area contributed by atoms with Crippen molar-refractivity contribution in [3.63, 3.8) is 0 Å². The molecule has 21 heavy (non-hydrogen) atoms. The fourth-order valence-corrected chi connectivity index (χ4v) is 1.90. The maximum atomic E-state index is 12.1. The normalized spacial score (nSPS) is 9.67. The van der Waals surface area contributed by atoms with E-state index in [1.54, 1.807) is 36.4 Å². The lowest BCUT2D eigenvalue weighted by Gasteiger charge is -2.06. The molecule has 0 unspecified atom stereocenters. The lowest BCUT2D eigenvalue weighted by Crippen LogP contribution is -2.11. The summed E-state index contributed by atoms with van der Waals surface area (Å²) in [6, 6.07) is 12.3. The van der Waals surface area contributed by atoms with Crippen molar-refractivity contribution in [2.75, 3.05) is 11.9 Å². The molecule has 3 nitrogen and oxygen atoms in total. The van der Waals surface area contributed by atoms with Crippen LogP contribution in [0.5, 0.6) is 0 Å². The van der Waals surface area contributed by atoms with Crippen LogP contribution in [0, 0.1) is 18.8 Å². The summed E-state index contributed by atoms with van der Waals surface area (Å²) in [4.78, 5) is 12.1. The minimum absolute atomic E-state index is 0.174. The van der Waals surface area contributed by atoms with Crippen LogP contribution >= 0.6 is 11.6 Å². The van der Waals surface area contributed by atoms with E-state index in [1.807, 2.05) is 13.0 Å². The standard InChI is InChI=1S/C17H14ClNO2/c1-12-4-7-14(11-16(12)18)17(21)19-15-8-5-13(6-9-15)3-2-10-20/h4-9,11,20H,10H2,1H3,(H,19,21). The van der Waals surface area contributed by atoms with Crippen molar-refractivity contribution in [2.24, 2.45) is 0 Å². The van der Waals surface area contributed by atoms with E-state index in [1.165, 1.54) is 0 Å². The fraction of sp³-hybridized carbons (Fsp3) is 0.118. The molecule has 0 fully saturated rings. The van der Waals surface area contributed by atoms with Crippen molar-refractivity contribution < 1.29 is 9.90 Å². The Morgan fingerprint density at radius 2 is 1.95 bits per heavy atom. The molecular weight excluding hydrogens is 286 g/mol. The quantitative estimate of drug-likeness (QED) is 0.836. The number of hydrogen-bond acceptors (Lipinski definition) is 2. The van der Waals surface area contributed by atoms with Crippen molar-refractivity contribution in [2.45, 2.75) is 6.92 Å². The van der Waals surface area contributed by atoms with Gasteiger partial charge in [0.1, 0.15) is 6.61 Å². The first-order valence-electron chi connectivity index (χ1n) is 6.37. The molecule has 2 aromatic rings. The van der Waals surface area contributed by atoms with E-state index >= 15 is 0 Å². The van der Waals surface area contributed by atoms with Gasteiger partial charge in [-0.2, -0.15) is 0 Å². The number of aryl methyl sites for hydroxylation is 1. The molecule has 0 aliphatic carbocycles. The Labute approximate surface area is 128 Å². The first kappa shape index (κ1) is 15.1. The van der Waals surface area contributed by atoms with Gasteiger partial charge in [-0.15, -0.1) is 0 Å². The van der Waals surface area contributed by atoms with Crippen LogP contribution in [0.3, 0.4) is 0 Å². The highest BCUT2D eigenvalue weighted by atomic mass is 35.5. The van der Waals surface area contributed by atoms with Gasteiger partial charge in [-0.3, -0.25) is 4.79 Å². The van der Waals surface area contributed by atoms with E-state index in [-0.39, 0.29) is 12.5 Å². The van der Waals surface area contributed by atoms with Crippen molar-refractivity contribution in [1.82, 2.24) is 0 Å². The number of amides is 1. The number of rotatable bonds is 2. The number of aliphatic hydroxyl groups is 1. The number of carbonyl (C=O) groups is 1. The van der Waals surface area contributed by atoms with E-state index in [0.717, 1.165) is 11.1 Å². The minimum Gasteiger partial charge on any atom is -0.384 e. The van der Waals surface area contributed by atoms with Crippen LogP contribution in [0.1, 0.15) is 21.5 Å². The first-order chi connectivity index (χ1) is 10.1. The van der Waals surface area contributed by atoms with Crippen molar-refractivity contribution in [3.8, 4) is 11.8 Å². The zero-order valence-electron chi connectivity index (χ0n) is 11.5. The van der Waals surface area contributed by atoms with Gasteiger partial charge in [-0.25, -0.2) is 0 Å². The third-order valence-corrected chi connectivity index (χ3v) is 3.30. The Morgan fingerprint density at radius 1 is 1.24 bits per heavy atom. The second-order valence-electron chi connectivity index (χ2n) is 4.46. The third-order valence-electron chi connectivity index (χ3n) is 2.89. The van der Waals surface area contributed by atoms with Gasteiger partial charge in [0.15, 0.2) is 0 Å². The molecule has 0 aromatic heterocycles. The molecule has 2 N–H and O–H groups in total. The highest BCUT2D eigenvalue weighted by Crippen LogP contribution is 2.18. The largest absolute Gasteiger partial charge is 0.384 e. The van der Waals surface area contributed by atoms with Crippen LogP contribution < -0.4 is 5.32 Å². The Bertz CT molecular complexity index is 712. The summed E-state index contributed by atoms with van der Waals surface area (Å²) in [6.07, 6.45) is 0. The van der Waals surface area contributed by atoms with Crippen molar-refractivity contribution >= 4 is 23.2 Å². The highest BCUT2D eigenvalue weighted by Gasteiger charge is 2.07. The molecule has 4 heteroatoms. The molecular formula is C17H14ClNO2. The molecule has 0 saturated heterocycles. The minimum atomic E-state index is -0.217. The summed E-state index contributed by atoms with van der Waals surface area (Å²) in [5, 5.41) is 12.0. The van der Waals surface area contributed by atoms with Crippen LogP contribution in [0.2, 0.25) is 5.02 Å². The summed E-state index contributed by atoms with van der Waals surface area (Å²) in [5.41, 5.74) is 2.89. The zero-order chi connectivity index (χ0) is 15.2. The van der Waals surface area contributed by atoms with E-state index in [4.69, 9.17) is 16.7 Å². The Balaban J connectivity index is 2.10. The maximum absolute atomic E-state index is 12.1. The molecule has 0 saturated carbocycles. The average molecular weight is 300 g/mol. The molecule has 0 aliphatic rings. The second-order valence-corrected chi connectivity index (χ2v) is 4.86. The smallest absolute Gasteiger partial charge is 0.255 e. The lowest BCUT2D eigenvalue weighted by molar-refractivity contribution is 0.102. The number of aliphatic hydroxyl groups excluding tert-OH is 1. The SMILES string of the molecule is Cc1ccc(C(=O)Nc2ccc(C#CCO)cc2)cc1Cl. The first-order valence-corrected chi connectivity index (χ1v) is 6.75. The van der Waals surface area contributed by atoms with Gasteiger partial charge in [0.25, 0.3) is 5.91 Å². The van der Waals surface area contributed by atoms with Gasteiger partial charge in [0.05, 0.1) is 0 Å². The number of nitrogens with one attached hydrogen (secondary N) is 1. The lowest BCUT2D eigenvalue weighted by atomic mass is 10.1. The van der Waals surface area contributed by atoms with Crippen molar-refractivity contribution in [3.05, 3.63) is 64.2 Å². The summed E-state index contributed by atoms with van der Waals surface area (Å²) in [7, 11) is 0. The van der Waals surface area contributed by atoms with E-state index in [2.05, 4.69) is 17.2 Å². The molecule has 2 rings (SSSR count). The predicted molar refractivity (Wildman–Crippen MR) is 84.5 cm³/mol. The van der Waals surface area contributed by atoms with E-state index in [9.17, 15) is 4.79 Å². The molecule has 0 heterocycles. The summed E-state index contributed by atoms with van der Waals surface area (Å²) >= 11 is 6.01. The van der Waals surface area contributed by atoms with Crippen LogP contribution in [0.15, 0.2) is 42.5 Å². The highest BCUT2D eigenvalue weighted by molar-refractivity contribution is 6.31. The van der Waals surface area contributed by atoms with Crippen LogP contribution in [0.25, 0.3) is 0 Å². The van der Waals surface area contributed by atoms with Crippen LogP contribution in [0.4, 0.5) is 5.69 Å². The fourth-order valence-electron chi connectivity index (χ4n) is 1.72. The van der Waals surface area contributed by atoms with E-state index < -0.39 is 0 Å². The van der Waals surface area contributed by atoms with E-state index in [0.29, 0.717) is 16.3 Å². The van der Waals surface area contributed by atoms with Crippen molar-refractivity contribution in [1.29, 1.82) is 0 Å². The Kier molecular flexibility index (Phi) is 4.99. The molecule has 0 bridgehead atoms. The molecule has 1 amide bonds. The van der Waals surface area contributed by atoms with Gasteiger partial charge in [-0.05, 0) is 48.9 Å². The monoisotopic (exact) mass is 299 g/mol. The molecule has 106 valence electrons. The third kappa shape index (κ3) is 4.09. The molecule has 0 spiro atoms. The maximum Gasteiger partial charge on any atom is 0.255 e. The topological polar surface area (TPSA) is 49.3 Å². The number of hydrogen-bond donors (Lipinski definition) is 2. The average Bonchev–Trinajstić information content (AvgIpc) is 2.49. The van der Waals surface area contributed by atoms with Gasteiger partial charge in [-0.1, -0.05) is 29.5 Å². The molecule has 2 aromatic carbocycles. The van der Waals surface area contributed by atoms with Crippen LogP contribution in [-0.4, -0.2) is 17.6 Å². The summed E-state index contributed by atoms with van der Waals surface area (Å²) in [5.74, 6) is 5.14. The van der Waals surface area contributed by atoms with Gasteiger partial charge in [0.2, 0.25) is 0 Å². The molecule has 0 radical (unpaired) electrons. The van der Waals surface area contributed by atoms with Crippen LogP contribution in [-0.2, 0) is 0 Å². The number of benzene rings is 2. The van der Waals surface area contributed by atoms with Gasteiger partial charge in [0, 0.05) is 21.8 Å². The summed E-state index contributed by atoms with van der Waals surface area (Å²) in [6.45, 7) is 1.71. The van der Waals surface area contributed by atoms with Gasteiger partial charge < -0.3 is 10.4 Å². The Hall–Kier alpha value is -2.28. The Morgan fingerprint density at radius 3 is 2.57 bits per heavy atom. The second kappa shape index (κ2) is 6.94. The molecule has 0 atom stereocenters. The number of halogens is 1. The molecule has 0 aliphatic heterocycles. The summed E-state index contributed by atoms with van der Waals surface area (Å²) < 4.78 is 0. The van der Waals surface area contributed by atoms with Gasteiger partial charge >= 0.3 is 0 Å². The zero-order valence-corrected chi connectivity index (χ0v) is 12.2. The number of carbonyl (C=O) groups excluding carboxylic acids is 1. The predicted octanol–water partition coefficient (Wildman–Crippen LogP) is 3.24. The number of anilines is 1.